The molecule has 0 aromatic carbocycles. The number of unbranched alkanes of at least 4 members (excludes halogenated alkanes) is 36. The van der Waals surface area contributed by atoms with Crippen LogP contribution in [-0.4, -0.2) is 37.2 Å². The average molecular weight is 1050 g/mol. The van der Waals surface area contributed by atoms with Gasteiger partial charge in [0.05, 0.1) is 0 Å². The first-order valence-electron chi connectivity index (χ1n) is 32.4. The smallest absolute Gasteiger partial charge is 0.306 e. The Kier molecular flexibility index (Phi) is 60.7. The molecule has 75 heavy (non-hydrogen) atoms. The number of rotatable bonds is 59. The largest absolute Gasteiger partial charge is 0.462 e. The van der Waals surface area contributed by atoms with Gasteiger partial charge in [-0.15, -0.1) is 0 Å². The highest BCUT2D eigenvalue weighted by atomic mass is 16.6. The van der Waals surface area contributed by atoms with Crippen molar-refractivity contribution in [1.82, 2.24) is 0 Å². The molecule has 0 radical (unpaired) electrons. The van der Waals surface area contributed by atoms with E-state index in [2.05, 4.69) is 93.7 Å². The molecule has 1 unspecified atom stereocenters. The molecule has 434 valence electrons. The van der Waals surface area contributed by atoms with Crippen LogP contribution in [-0.2, 0) is 28.6 Å². The molecule has 0 aliphatic carbocycles. The Morgan fingerprint density at radius 2 is 0.533 bits per heavy atom. The van der Waals surface area contributed by atoms with Gasteiger partial charge in [0, 0.05) is 19.3 Å². The summed E-state index contributed by atoms with van der Waals surface area (Å²) in [4.78, 5) is 38.1. The second-order valence-corrected chi connectivity index (χ2v) is 21.6. The standard InChI is InChI=1S/C69H122O6/c1-4-7-10-13-16-19-22-24-26-27-28-29-30-31-32-33-34-35-36-37-38-39-40-41-43-44-47-50-53-56-59-62-68(71)74-65-66(64-73-67(70)61-58-55-52-49-46-21-18-15-12-9-6-3)75-69(72)63-60-57-54-51-48-45-42-25-23-20-17-14-11-8-5-2/h8,11,15,17-18,20,25,27-28,42,48,51,66H,4-7,9-10,12-14,16,19,21-24,26,29-41,43-47,49-50,52-65H2,1-3H3/b11-8-,18-15-,20-17-,28-27-,42-25-,51-48-. The minimum atomic E-state index is -0.799. The van der Waals surface area contributed by atoms with Crippen LogP contribution in [0.25, 0.3) is 0 Å². The molecule has 0 saturated heterocycles. The number of carbonyl (C=O) groups is 3. The second-order valence-electron chi connectivity index (χ2n) is 21.6. The summed E-state index contributed by atoms with van der Waals surface area (Å²) >= 11 is 0. The Morgan fingerprint density at radius 3 is 0.893 bits per heavy atom. The molecule has 0 fully saturated rings. The number of carbonyl (C=O) groups excluding carboxylic acids is 3. The second kappa shape index (κ2) is 63.4. The van der Waals surface area contributed by atoms with E-state index in [1.54, 1.807) is 0 Å². The van der Waals surface area contributed by atoms with Crippen molar-refractivity contribution in [3.05, 3.63) is 72.9 Å². The van der Waals surface area contributed by atoms with Gasteiger partial charge < -0.3 is 14.2 Å². The first-order chi connectivity index (χ1) is 37.0. The SMILES string of the molecule is CC/C=C\C/C=C\C/C=C\C/C=C\CCCCC(=O)OC(COC(=O)CCCCCCC/C=C\CCCC)COC(=O)CCCCCCCCCCCCCCCCCCCCC/C=C\CCCCCCCCCC. The summed E-state index contributed by atoms with van der Waals surface area (Å²) in [5, 5.41) is 0. The van der Waals surface area contributed by atoms with Crippen LogP contribution in [0.3, 0.4) is 0 Å². The van der Waals surface area contributed by atoms with Gasteiger partial charge in [0.15, 0.2) is 6.10 Å². The maximum Gasteiger partial charge on any atom is 0.306 e. The summed E-state index contributed by atoms with van der Waals surface area (Å²) in [6, 6.07) is 0. The van der Waals surface area contributed by atoms with Crippen LogP contribution in [0.15, 0.2) is 72.9 Å². The van der Waals surface area contributed by atoms with Gasteiger partial charge in [-0.25, -0.2) is 0 Å². The van der Waals surface area contributed by atoms with Crippen LogP contribution in [0.2, 0.25) is 0 Å². The van der Waals surface area contributed by atoms with Crippen molar-refractivity contribution >= 4 is 17.9 Å². The van der Waals surface area contributed by atoms with E-state index >= 15 is 0 Å². The zero-order valence-corrected chi connectivity index (χ0v) is 49.8. The van der Waals surface area contributed by atoms with Gasteiger partial charge in [-0.1, -0.05) is 280 Å². The quantitative estimate of drug-likeness (QED) is 0.0261. The zero-order chi connectivity index (χ0) is 54.3. The van der Waals surface area contributed by atoms with Crippen LogP contribution >= 0.6 is 0 Å². The van der Waals surface area contributed by atoms with Crippen LogP contribution < -0.4 is 0 Å². The van der Waals surface area contributed by atoms with E-state index in [0.29, 0.717) is 19.3 Å². The number of ether oxygens (including phenoxy) is 3. The molecular formula is C69H122O6. The van der Waals surface area contributed by atoms with Gasteiger partial charge in [-0.2, -0.15) is 0 Å². The molecule has 6 heteroatoms. The lowest BCUT2D eigenvalue weighted by Gasteiger charge is -2.18. The average Bonchev–Trinajstić information content (AvgIpc) is 3.41. The molecule has 0 aliphatic heterocycles. The van der Waals surface area contributed by atoms with Crippen molar-refractivity contribution in [2.45, 2.75) is 335 Å². The molecule has 0 aromatic rings. The fourth-order valence-corrected chi connectivity index (χ4v) is 9.29. The Labute approximate surface area is 465 Å². The summed E-state index contributed by atoms with van der Waals surface area (Å²) in [5.41, 5.74) is 0. The predicted molar refractivity (Wildman–Crippen MR) is 325 cm³/mol. The summed E-state index contributed by atoms with van der Waals surface area (Å²) in [5.74, 6) is -0.934. The van der Waals surface area contributed by atoms with Crippen molar-refractivity contribution in [3.8, 4) is 0 Å². The topological polar surface area (TPSA) is 78.9 Å². The van der Waals surface area contributed by atoms with Gasteiger partial charge in [0.1, 0.15) is 13.2 Å². The summed E-state index contributed by atoms with van der Waals surface area (Å²) in [7, 11) is 0. The fraction of sp³-hybridized carbons (Fsp3) is 0.783. The van der Waals surface area contributed by atoms with E-state index in [9.17, 15) is 14.4 Å². The van der Waals surface area contributed by atoms with Gasteiger partial charge >= 0.3 is 17.9 Å². The van der Waals surface area contributed by atoms with E-state index in [1.165, 1.54) is 199 Å². The molecular weight excluding hydrogens is 925 g/mol. The number of esters is 3. The number of hydrogen-bond acceptors (Lipinski definition) is 6. The zero-order valence-electron chi connectivity index (χ0n) is 49.8. The third kappa shape index (κ3) is 61.6. The molecule has 0 heterocycles. The Bertz CT molecular complexity index is 1390. The Balaban J connectivity index is 4.13. The first kappa shape index (κ1) is 71.8. The fourth-order valence-electron chi connectivity index (χ4n) is 9.29. The third-order valence-electron chi connectivity index (χ3n) is 14.2. The molecule has 0 saturated carbocycles. The van der Waals surface area contributed by atoms with E-state index in [-0.39, 0.29) is 37.5 Å². The molecule has 0 aliphatic rings. The highest BCUT2D eigenvalue weighted by Gasteiger charge is 2.19. The van der Waals surface area contributed by atoms with Crippen molar-refractivity contribution in [2.24, 2.45) is 0 Å². The summed E-state index contributed by atoms with van der Waals surface area (Å²) < 4.78 is 16.8. The number of allylic oxidation sites excluding steroid dienone is 12. The van der Waals surface area contributed by atoms with Crippen molar-refractivity contribution in [1.29, 1.82) is 0 Å². The summed E-state index contributed by atoms with van der Waals surface area (Å²) in [6.45, 7) is 6.47. The lowest BCUT2D eigenvalue weighted by atomic mass is 10.0. The lowest BCUT2D eigenvalue weighted by molar-refractivity contribution is -0.167. The van der Waals surface area contributed by atoms with Crippen LogP contribution in [0.1, 0.15) is 329 Å². The molecule has 6 nitrogen and oxygen atoms in total. The molecule has 0 bridgehead atoms. The molecule has 0 spiro atoms. The van der Waals surface area contributed by atoms with Crippen molar-refractivity contribution < 1.29 is 28.6 Å². The monoisotopic (exact) mass is 1050 g/mol. The maximum absolute atomic E-state index is 12.8. The van der Waals surface area contributed by atoms with Crippen molar-refractivity contribution in [2.75, 3.05) is 13.2 Å². The minimum absolute atomic E-state index is 0.0925. The van der Waals surface area contributed by atoms with E-state index in [0.717, 1.165) is 83.5 Å². The van der Waals surface area contributed by atoms with E-state index in [4.69, 9.17) is 14.2 Å². The van der Waals surface area contributed by atoms with Crippen molar-refractivity contribution in [3.63, 3.8) is 0 Å². The highest BCUT2D eigenvalue weighted by Crippen LogP contribution is 2.17. The van der Waals surface area contributed by atoms with E-state index in [1.807, 2.05) is 0 Å². The van der Waals surface area contributed by atoms with Crippen LogP contribution in [0.5, 0.6) is 0 Å². The number of hydrogen-bond donors (Lipinski definition) is 0. The lowest BCUT2D eigenvalue weighted by Crippen LogP contribution is -2.30. The van der Waals surface area contributed by atoms with Gasteiger partial charge in [-0.05, 0) is 103 Å². The minimum Gasteiger partial charge on any atom is -0.462 e. The highest BCUT2D eigenvalue weighted by molar-refractivity contribution is 5.71. The molecule has 0 rings (SSSR count). The normalized spacial score (nSPS) is 12.5. The predicted octanol–water partition coefficient (Wildman–Crippen LogP) is 22.1. The molecule has 0 amide bonds. The van der Waals surface area contributed by atoms with E-state index < -0.39 is 6.10 Å². The van der Waals surface area contributed by atoms with Crippen LogP contribution in [0, 0.1) is 0 Å². The molecule has 0 N–H and O–H groups in total. The Morgan fingerprint density at radius 1 is 0.280 bits per heavy atom. The van der Waals surface area contributed by atoms with Crippen LogP contribution in [0.4, 0.5) is 0 Å². The first-order valence-corrected chi connectivity index (χ1v) is 32.4. The maximum atomic E-state index is 12.8. The Hall–Kier alpha value is -3.15. The van der Waals surface area contributed by atoms with Gasteiger partial charge in [-0.3, -0.25) is 14.4 Å². The summed E-state index contributed by atoms with van der Waals surface area (Å²) in [6.07, 6.45) is 82.3. The molecule has 0 aromatic heterocycles. The van der Waals surface area contributed by atoms with Gasteiger partial charge in [0.25, 0.3) is 0 Å². The molecule has 1 atom stereocenters. The van der Waals surface area contributed by atoms with Gasteiger partial charge in [0.2, 0.25) is 0 Å². The third-order valence-corrected chi connectivity index (χ3v) is 14.2.